The number of rotatable bonds is 2. The van der Waals surface area contributed by atoms with Crippen LogP contribution in [0.5, 0.6) is 0 Å². The van der Waals surface area contributed by atoms with Gasteiger partial charge in [-0.15, -0.1) is 0 Å². The van der Waals surface area contributed by atoms with Crippen LogP contribution in [0.4, 0.5) is 0 Å². The van der Waals surface area contributed by atoms with Crippen molar-refractivity contribution < 1.29 is 4.79 Å². The van der Waals surface area contributed by atoms with Crippen molar-refractivity contribution >= 4 is 16.7 Å². The van der Waals surface area contributed by atoms with Crippen molar-refractivity contribution in [1.82, 2.24) is 10.3 Å². The van der Waals surface area contributed by atoms with E-state index in [-0.39, 0.29) is 5.91 Å². The Kier molecular flexibility index (Phi) is 3.93. The Morgan fingerprint density at radius 3 is 3.06 bits per heavy atom. The van der Waals surface area contributed by atoms with Crippen molar-refractivity contribution in [3.63, 3.8) is 0 Å². The molecular weight excluding hydrogens is 224 g/mol. The molecule has 0 aliphatic heterocycles. The van der Waals surface area contributed by atoms with E-state index in [4.69, 9.17) is 0 Å². The van der Waals surface area contributed by atoms with Crippen molar-refractivity contribution in [2.45, 2.75) is 13.3 Å². The molecule has 0 unspecified atom stereocenters. The van der Waals surface area contributed by atoms with Crippen LogP contribution in [0.25, 0.3) is 10.8 Å². The van der Waals surface area contributed by atoms with Crippen LogP contribution in [0.2, 0.25) is 0 Å². The molecule has 0 saturated carbocycles. The summed E-state index contributed by atoms with van der Waals surface area (Å²) < 4.78 is 0. The Hall–Kier alpha value is -2.34. The second-order valence-corrected chi connectivity index (χ2v) is 3.97. The number of fused-ring (bicyclic) bond motifs is 1. The monoisotopic (exact) mass is 238 g/mol. The van der Waals surface area contributed by atoms with Crippen molar-refractivity contribution in [3.05, 3.63) is 42.2 Å². The average molecular weight is 238 g/mol. The number of amides is 1. The SMILES string of the molecule is CC(=O)NCCC#Cc1ccc2cnccc2c1. The number of hydrogen-bond donors (Lipinski definition) is 1. The highest BCUT2D eigenvalue weighted by Crippen LogP contribution is 2.13. The first-order valence-corrected chi connectivity index (χ1v) is 5.83. The van der Waals surface area contributed by atoms with Gasteiger partial charge in [0.15, 0.2) is 0 Å². The Labute approximate surface area is 106 Å². The predicted molar refractivity (Wildman–Crippen MR) is 71.9 cm³/mol. The molecule has 1 heterocycles. The van der Waals surface area contributed by atoms with Gasteiger partial charge in [0.2, 0.25) is 5.91 Å². The van der Waals surface area contributed by atoms with E-state index < -0.39 is 0 Å². The molecule has 0 fully saturated rings. The first kappa shape index (κ1) is 12.1. The summed E-state index contributed by atoms with van der Waals surface area (Å²) in [7, 11) is 0. The molecule has 1 N–H and O–H groups in total. The molecule has 3 nitrogen and oxygen atoms in total. The van der Waals surface area contributed by atoms with Gasteiger partial charge in [-0.3, -0.25) is 9.78 Å². The zero-order valence-corrected chi connectivity index (χ0v) is 10.2. The third-order valence-corrected chi connectivity index (χ3v) is 2.50. The van der Waals surface area contributed by atoms with Gasteiger partial charge >= 0.3 is 0 Å². The van der Waals surface area contributed by atoms with Crippen LogP contribution < -0.4 is 5.32 Å². The zero-order chi connectivity index (χ0) is 12.8. The maximum absolute atomic E-state index is 10.7. The molecular formula is C15H14N2O. The number of carbonyl (C=O) groups excluding carboxylic acids is 1. The minimum atomic E-state index is -0.0185. The second-order valence-electron chi connectivity index (χ2n) is 3.97. The van der Waals surface area contributed by atoms with Gasteiger partial charge in [0.05, 0.1) is 0 Å². The van der Waals surface area contributed by atoms with E-state index in [2.05, 4.69) is 22.1 Å². The van der Waals surface area contributed by atoms with Gasteiger partial charge in [0.25, 0.3) is 0 Å². The van der Waals surface area contributed by atoms with Crippen molar-refractivity contribution in [1.29, 1.82) is 0 Å². The molecule has 0 radical (unpaired) electrons. The summed E-state index contributed by atoms with van der Waals surface area (Å²) in [6.45, 7) is 2.10. The lowest BCUT2D eigenvalue weighted by molar-refractivity contribution is -0.118. The van der Waals surface area contributed by atoms with E-state index in [1.54, 1.807) is 6.20 Å². The fourth-order valence-corrected chi connectivity index (χ4v) is 1.63. The smallest absolute Gasteiger partial charge is 0.216 e. The summed E-state index contributed by atoms with van der Waals surface area (Å²) in [4.78, 5) is 14.7. The summed E-state index contributed by atoms with van der Waals surface area (Å²) >= 11 is 0. The quantitative estimate of drug-likeness (QED) is 0.643. The molecule has 1 aromatic carbocycles. The minimum Gasteiger partial charge on any atom is -0.355 e. The van der Waals surface area contributed by atoms with Crippen molar-refractivity contribution in [2.75, 3.05) is 6.54 Å². The van der Waals surface area contributed by atoms with E-state index in [9.17, 15) is 4.79 Å². The summed E-state index contributed by atoms with van der Waals surface area (Å²) in [6.07, 6.45) is 4.27. The summed E-state index contributed by atoms with van der Waals surface area (Å²) in [6, 6.07) is 8.01. The highest BCUT2D eigenvalue weighted by atomic mass is 16.1. The first-order chi connectivity index (χ1) is 8.75. The molecule has 2 aromatic rings. The van der Waals surface area contributed by atoms with E-state index >= 15 is 0 Å². The molecule has 0 atom stereocenters. The Morgan fingerprint density at radius 2 is 2.22 bits per heavy atom. The van der Waals surface area contributed by atoms with Crippen LogP contribution in [0, 0.1) is 11.8 Å². The number of benzene rings is 1. The molecule has 0 aliphatic carbocycles. The maximum atomic E-state index is 10.7. The van der Waals surface area contributed by atoms with E-state index in [1.807, 2.05) is 30.5 Å². The summed E-state index contributed by atoms with van der Waals surface area (Å²) in [5, 5.41) is 4.96. The third-order valence-electron chi connectivity index (χ3n) is 2.50. The third kappa shape index (κ3) is 3.33. The fraction of sp³-hybridized carbons (Fsp3) is 0.200. The van der Waals surface area contributed by atoms with Crippen LogP contribution in [0.15, 0.2) is 36.7 Å². The topological polar surface area (TPSA) is 42.0 Å². The fourth-order valence-electron chi connectivity index (χ4n) is 1.63. The molecule has 2 rings (SSSR count). The predicted octanol–water partition coefficient (Wildman–Crippen LogP) is 2.11. The highest BCUT2D eigenvalue weighted by Gasteiger charge is 1.93. The van der Waals surface area contributed by atoms with Gasteiger partial charge in [-0.1, -0.05) is 17.9 Å². The van der Waals surface area contributed by atoms with Crippen LogP contribution in [-0.2, 0) is 4.79 Å². The van der Waals surface area contributed by atoms with Crippen molar-refractivity contribution in [3.8, 4) is 11.8 Å². The number of nitrogens with zero attached hydrogens (tertiary/aromatic N) is 1. The number of aromatic nitrogens is 1. The van der Waals surface area contributed by atoms with Crippen LogP contribution in [0.3, 0.4) is 0 Å². The molecule has 0 aliphatic rings. The molecule has 90 valence electrons. The van der Waals surface area contributed by atoms with E-state index in [0.717, 1.165) is 16.3 Å². The Morgan fingerprint density at radius 1 is 1.33 bits per heavy atom. The lowest BCUT2D eigenvalue weighted by Gasteiger charge is -1.97. The van der Waals surface area contributed by atoms with Gasteiger partial charge in [-0.25, -0.2) is 0 Å². The highest BCUT2D eigenvalue weighted by molar-refractivity contribution is 5.82. The number of carbonyl (C=O) groups is 1. The number of hydrogen-bond acceptors (Lipinski definition) is 2. The Balaban J connectivity index is 2.03. The summed E-state index contributed by atoms with van der Waals surface area (Å²) in [5.74, 6) is 6.11. The lowest BCUT2D eigenvalue weighted by Crippen LogP contribution is -2.20. The van der Waals surface area contributed by atoms with Gasteiger partial charge in [-0.2, -0.15) is 0 Å². The molecule has 0 bridgehead atoms. The molecule has 1 aromatic heterocycles. The van der Waals surface area contributed by atoms with E-state index in [0.29, 0.717) is 13.0 Å². The molecule has 18 heavy (non-hydrogen) atoms. The van der Waals surface area contributed by atoms with Crippen LogP contribution >= 0.6 is 0 Å². The van der Waals surface area contributed by atoms with Gasteiger partial charge in [-0.05, 0) is 23.6 Å². The normalized spacial score (nSPS) is 9.61. The summed E-state index contributed by atoms with van der Waals surface area (Å²) in [5.41, 5.74) is 0.983. The maximum Gasteiger partial charge on any atom is 0.216 e. The van der Waals surface area contributed by atoms with E-state index in [1.165, 1.54) is 6.92 Å². The van der Waals surface area contributed by atoms with Gasteiger partial charge < -0.3 is 5.32 Å². The second kappa shape index (κ2) is 5.83. The Bertz CT molecular complexity index is 623. The zero-order valence-electron chi connectivity index (χ0n) is 10.2. The average Bonchev–Trinajstić information content (AvgIpc) is 2.38. The number of pyridine rings is 1. The minimum absolute atomic E-state index is 0.0185. The van der Waals surface area contributed by atoms with Gasteiger partial charge in [0, 0.05) is 43.2 Å². The van der Waals surface area contributed by atoms with Crippen LogP contribution in [0.1, 0.15) is 18.9 Å². The molecule has 3 heteroatoms. The van der Waals surface area contributed by atoms with Gasteiger partial charge in [0.1, 0.15) is 0 Å². The largest absolute Gasteiger partial charge is 0.355 e. The van der Waals surface area contributed by atoms with Crippen molar-refractivity contribution in [2.24, 2.45) is 0 Å². The van der Waals surface area contributed by atoms with Crippen LogP contribution in [-0.4, -0.2) is 17.4 Å². The molecule has 0 saturated heterocycles. The molecule has 0 spiro atoms. The number of nitrogens with one attached hydrogen (secondary N) is 1. The standard InChI is InChI=1S/C15H14N2O/c1-12(18)17-8-3-2-4-13-5-6-15-11-16-9-7-14(15)10-13/h5-7,9-11H,3,8H2,1H3,(H,17,18). The first-order valence-electron chi connectivity index (χ1n) is 5.83. The molecule has 1 amide bonds. The lowest BCUT2D eigenvalue weighted by atomic mass is 10.1.